The minimum atomic E-state index is -0.580. The Kier molecular flexibility index (Phi) is 7.45. The number of nitrogens with zero attached hydrogens (tertiary/aromatic N) is 1. The van der Waals surface area contributed by atoms with E-state index in [2.05, 4.69) is 10.5 Å². The van der Waals surface area contributed by atoms with Gasteiger partial charge in [-0.2, -0.15) is 5.10 Å². The predicted molar refractivity (Wildman–Crippen MR) is 137 cm³/mol. The molecular weight excluding hydrogens is 460 g/mol. The van der Waals surface area contributed by atoms with Gasteiger partial charge in [-0.15, -0.1) is 0 Å². The second-order valence-electron chi connectivity index (χ2n) is 7.59. The number of carbonyl (C=O) groups excluding carboxylic acids is 2. The number of hydrazone groups is 1. The molecule has 0 saturated heterocycles. The van der Waals surface area contributed by atoms with E-state index in [9.17, 15) is 9.59 Å². The third-order valence-electron chi connectivity index (χ3n) is 5.46. The van der Waals surface area contributed by atoms with E-state index < -0.39 is 11.9 Å². The average Bonchev–Trinajstić information content (AvgIpc) is 2.93. The van der Waals surface area contributed by atoms with Gasteiger partial charge in [0.2, 0.25) is 0 Å². The van der Waals surface area contributed by atoms with Gasteiger partial charge in [-0.05, 0) is 59.3 Å². The maximum absolute atomic E-state index is 12.9. The van der Waals surface area contributed by atoms with Crippen molar-refractivity contribution in [1.29, 1.82) is 0 Å². The molecule has 0 bridgehead atoms. The third kappa shape index (κ3) is 5.28. The van der Waals surface area contributed by atoms with Crippen molar-refractivity contribution < 1.29 is 28.5 Å². The van der Waals surface area contributed by atoms with Gasteiger partial charge in [0.25, 0.3) is 5.91 Å². The van der Waals surface area contributed by atoms with Crippen LogP contribution in [0.4, 0.5) is 0 Å². The first-order valence-electron chi connectivity index (χ1n) is 11.0. The van der Waals surface area contributed by atoms with Crippen LogP contribution in [0.2, 0.25) is 0 Å². The van der Waals surface area contributed by atoms with E-state index in [0.29, 0.717) is 28.4 Å². The molecule has 0 aliphatic carbocycles. The van der Waals surface area contributed by atoms with Gasteiger partial charge < -0.3 is 18.9 Å². The molecule has 0 unspecified atom stereocenters. The summed E-state index contributed by atoms with van der Waals surface area (Å²) in [6.45, 7) is 0. The van der Waals surface area contributed by atoms with Crippen LogP contribution in [0.15, 0.2) is 84.0 Å². The molecule has 1 N–H and O–H groups in total. The van der Waals surface area contributed by atoms with Crippen LogP contribution in [0.5, 0.6) is 23.0 Å². The number of amides is 1. The summed E-state index contributed by atoms with van der Waals surface area (Å²) in [7, 11) is 4.56. The number of benzene rings is 4. The minimum absolute atomic E-state index is 0.288. The molecule has 4 rings (SSSR count). The smallest absolute Gasteiger partial charge is 0.343 e. The van der Waals surface area contributed by atoms with Crippen LogP contribution in [0.3, 0.4) is 0 Å². The topological polar surface area (TPSA) is 95.5 Å². The Morgan fingerprint density at radius 1 is 0.750 bits per heavy atom. The highest BCUT2D eigenvalue weighted by Crippen LogP contribution is 2.30. The molecule has 8 nitrogen and oxygen atoms in total. The van der Waals surface area contributed by atoms with Crippen molar-refractivity contribution in [2.75, 3.05) is 21.3 Å². The standard InChI is InChI=1S/C28H24N2O6/c1-33-21-12-8-19(9-13-21)27(31)30-29-17-23-22-7-5-4-6-18(22)10-14-24(23)36-28(32)20-11-15-25(34-2)26(16-20)35-3/h4-17H,1-3H3,(H,30,31). The van der Waals surface area contributed by atoms with Crippen LogP contribution < -0.4 is 24.4 Å². The van der Waals surface area contributed by atoms with Crippen molar-refractivity contribution in [2.24, 2.45) is 5.10 Å². The van der Waals surface area contributed by atoms with Gasteiger partial charge in [-0.3, -0.25) is 4.79 Å². The van der Waals surface area contributed by atoms with Gasteiger partial charge >= 0.3 is 5.97 Å². The Balaban J connectivity index is 1.60. The Labute approximate surface area is 208 Å². The van der Waals surface area contributed by atoms with Crippen LogP contribution in [0.25, 0.3) is 10.8 Å². The molecule has 0 aliphatic rings. The maximum Gasteiger partial charge on any atom is 0.343 e. The molecule has 4 aromatic rings. The largest absolute Gasteiger partial charge is 0.497 e. The summed E-state index contributed by atoms with van der Waals surface area (Å²) in [5.41, 5.74) is 3.76. The van der Waals surface area contributed by atoms with Gasteiger partial charge in [0.05, 0.1) is 33.1 Å². The summed E-state index contributed by atoms with van der Waals surface area (Å²) in [5.74, 6) is 0.873. The Hall–Kier alpha value is -4.85. The van der Waals surface area contributed by atoms with Crippen molar-refractivity contribution in [2.45, 2.75) is 0 Å². The van der Waals surface area contributed by atoms with Crippen LogP contribution >= 0.6 is 0 Å². The summed E-state index contributed by atoms with van der Waals surface area (Å²) >= 11 is 0. The van der Waals surface area contributed by atoms with Crippen LogP contribution in [-0.2, 0) is 0 Å². The average molecular weight is 485 g/mol. The fraction of sp³-hybridized carbons (Fsp3) is 0.107. The zero-order valence-corrected chi connectivity index (χ0v) is 20.0. The van der Waals surface area contributed by atoms with E-state index in [1.165, 1.54) is 20.4 Å². The van der Waals surface area contributed by atoms with Gasteiger partial charge in [0.1, 0.15) is 11.5 Å². The number of rotatable bonds is 8. The van der Waals surface area contributed by atoms with Crippen molar-refractivity contribution in [3.8, 4) is 23.0 Å². The molecule has 0 heterocycles. The maximum atomic E-state index is 12.9. The van der Waals surface area contributed by atoms with Crippen molar-refractivity contribution in [3.05, 3.63) is 95.6 Å². The molecule has 0 aliphatic heterocycles. The molecular formula is C28H24N2O6. The fourth-order valence-corrected chi connectivity index (χ4v) is 3.58. The number of fused-ring (bicyclic) bond motifs is 1. The number of nitrogens with one attached hydrogen (secondary N) is 1. The third-order valence-corrected chi connectivity index (χ3v) is 5.46. The fourth-order valence-electron chi connectivity index (χ4n) is 3.58. The molecule has 0 atom stereocenters. The molecule has 0 spiro atoms. The lowest BCUT2D eigenvalue weighted by Gasteiger charge is -2.12. The SMILES string of the molecule is COc1ccc(C(=O)NN=Cc2c(OC(=O)c3ccc(OC)c(OC)c3)ccc3ccccc23)cc1. The highest BCUT2D eigenvalue weighted by Gasteiger charge is 2.16. The van der Waals surface area contributed by atoms with Crippen LogP contribution in [0, 0.1) is 0 Å². The van der Waals surface area contributed by atoms with Crippen LogP contribution in [-0.4, -0.2) is 39.4 Å². The van der Waals surface area contributed by atoms with E-state index in [-0.39, 0.29) is 11.3 Å². The van der Waals surface area contributed by atoms with Crippen LogP contribution in [0.1, 0.15) is 26.3 Å². The van der Waals surface area contributed by atoms with E-state index >= 15 is 0 Å². The van der Waals surface area contributed by atoms with Gasteiger partial charge in [0.15, 0.2) is 11.5 Å². The molecule has 4 aromatic carbocycles. The molecule has 1 amide bonds. The molecule has 0 radical (unpaired) electrons. The molecule has 36 heavy (non-hydrogen) atoms. The predicted octanol–water partition coefficient (Wildman–Crippen LogP) is 4.85. The van der Waals surface area contributed by atoms with Crippen molar-refractivity contribution in [3.63, 3.8) is 0 Å². The molecule has 182 valence electrons. The van der Waals surface area contributed by atoms with E-state index in [1.807, 2.05) is 30.3 Å². The molecule has 0 aromatic heterocycles. The Morgan fingerprint density at radius 3 is 2.17 bits per heavy atom. The van der Waals surface area contributed by atoms with Crippen molar-refractivity contribution in [1.82, 2.24) is 5.43 Å². The summed E-state index contributed by atoms with van der Waals surface area (Å²) in [4.78, 5) is 25.4. The zero-order chi connectivity index (χ0) is 25.5. The molecule has 0 fully saturated rings. The van der Waals surface area contributed by atoms with Gasteiger partial charge in [0, 0.05) is 11.1 Å². The van der Waals surface area contributed by atoms with E-state index in [0.717, 1.165) is 10.8 Å². The minimum Gasteiger partial charge on any atom is -0.497 e. The highest BCUT2D eigenvalue weighted by molar-refractivity contribution is 6.04. The summed E-state index contributed by atoms with van der Waals surface area (Å²) in [5, 5.41) is 5.84. The van der Waals surface area contributed by atoms with E-state index in [4.69, 9.17) is 18.9 Å². The highest BCUT2D eigenvalue weighted by atomic mass is 16.5. The summed E-state index contributed by atoms with van der Waals surface area (Å²) in [6, 6.07) is 22.6. The number of esters is 1. The lowest BCUT2D eigenvalue weighted by atomic mass is 10.0. The lowest BCUT2D eigenvalue weighted by molar-refractivity contribution is 0.0734. The zero-order valence-electron chi connectivity index (χ0n) is 20.0. The number of ether oxygens (including phenoxy) is 4. The first-order chi connectivity index (χ1) is 17.5. The Bertz CT molecular complexity index is 1430. The number of carbonyl (C=O) groups is 2. The first-order valence-corrected chi connectivity index (χ1v) is 11.0. The number of hydrogen-bond donors (Lipinski definition) is 1. The lowest BCUT2D eigenvalue weighted by Crippen LogP contribution is -2.17. The number of methoxy groups -OCH3 is 3. The summed E-state index contributed by atoms with van der Waals surface area (Å²) < 4.78 is 21.4. The van der Waals surface area contributed by atoms with Gasteiger partial charge in [-0.1, -0.05) is 30.3 Å². The van der Waals surface area contributed by atoms with E-state index in [1.54, 1.807) is 55.6 Å². The second kappa shape index (κ2) is 11.1. The van der Waals surface area contributed by atoms with Crippen molar-refractivity contribution >= 4 is 28.9 Å². The normalized spacial score (nSPS) is 10.8. The molecule has 0 saturated carbocycles. The summed E-state index contributed by atoms with van der Waals surface area (Å²) in [6.07, 6.45) is 1.46. The van der Waals surface area contributed by atoms with Gasteiger partial charge in [-0.25, -0.2) is 10.2 Å². The monoisotopic (exact) mass is 484 g/mol. The quantitative estimate of drug-likeness (QED) is 0.166. The molecule has 8 heteroatoms. The number of hydrogen-bond acceptors (Lipinski definition) is 7. The first kappa shape index (κ1) is 24.3. The second-order valence-corrected chi connectivity index (χ2v) is 7.59. The Morgan fingerprint density at radius 2 is 1.44 bits per heavy atom.